The molecule has 2 heterocycles. The quantitative estimate of drug-likeness (QED) is 0.326. The molecule has 0 aliphatic carbocycles. The van der Waals surface area contributed by atoms with E-state index < -0.39 is 17.3 Å². The monoisotopic (exact) mass is 454 g/mol. The van der Waals surface area contributed by atoms with E-state index in [4.69, 9.17) is 4.74 Å². The van der Waals surface area contributed by atoms with Crippen LogP contribution in [0.25, 0.3) is 10.9 Å². The number of esters is 1. The standard InChI is InChI=1S/C21H18N4O4S2/c1-29-20(27)17-12-25(18-5-3-2-4-16(17)18)13-19(26)23-14-6-8-15(9-7-14)31(28)24-21-22-10-11-30-21/h2-12H,13H2,1H3,(H,22,24)(H,23,26). The molecule has 0 aliphatic rings. The summed E-state index contributed by atoms with van der Waals surface area (Å²) in [5.41, 5.74) is 1.74. The lowest BCUT2D eigenvalue weighted by Gasteiger charge is -2.10. The average Bonchev–Trinajstić information content (AvgIpc) is 3.42. The SMILES string of the molecule is COC(=O)c1cn(CC(=O)Nc2ccc([S+]([O-])Nc3nccs3)cc2)c2ccccc12. The Bertz CT molecular complexity index is 1210. The molecule has 0 aliphatic heterocycles. The third-order valence-corrected chi connectivity index (χ3v) is 6.37. The molecular weight excluding hydrogens is 436 g/mol. The van der Waals surface area contributed by atoms with E-state index in [0.717, 1.165) is 10.9 Å². The normalized spacial score (nSPS) is 11.8. The number of carbonyl (C=O) groups is 2. The molecule has 0 spiro atoms. The summed E-state index contributed by atoms with van der Waals surface area (Å²) < 4.78 is 21.7. The average molecular weight is 455 g/mol. The van der Waals surface area contributed by atoms with E-state index >= 15 is 0 Å². The molecule has 4 aromatic rings. The Morgan fingerprint density at radius 3 is 2.68 bits per heavy atom. The highest BCUT2D eigenvalue weighted by molar-refractivity contribution is 7.93. The first-order chi connectivity index (χ1) is 15.0. The van der Waals surface area contributed by atoms with Gasteiger partial charge >= 0.3 is 5.97 Å². The molecule has 31 heavy (non-hydrogen) atoms. The predicted molar refractivity (Wildman–Crippen MR) is 120 cm³/mol. The van der Waals surface area contributed by atoms with Gasteiger partial charge in [-0.2, -0.15) is 4.72 Å². The fraction of sp³-hybridized carbons (Fsp3) is 0.0952. The van der Waals surface area contributed by atoms with Crippen molar-refractivity contribution in [2.45, 2.75) is 11.4 Å². The lowest BCUT2D eigenvalue weighted by atomic mass is 10.2. The van der Waals surface area contributed by atoms with Crippen molar-refractivity contribution < 1.29 is 18.9 Å². The van der Waals surface area contributed by atoms with Gasteiger partial charge in [-0.05, 0) is 30.3 Å². The zero-order chi connectivity index (χ0) is 21.8. The van der Waals surface area contributed by atoms with Gasteiger partial charge in [0.25, 0.3) is 0 Å². The van der Waals surface area contributed by atoms with E-state index in [1.165, 1.54) is 18.4 Å². The summed E-state index contributed by atoms with van der Waals surface area (Å²) in [5, 5.41) is 5.90. The summed E-state index contributed by atoms with van der Waals surface area (Å²) >= 11 is -0.0861. The van der Waals surface area contributed by atoms with Gasteiger partial charge in [0.15, 0.2) is 4.90 Å². The first-order valence-electron chi connectivity index (χ1n) is 9.19. The molecule has 2 aromatic heterocycles. The number of rotatable bonds is 7. The number of carbonyl (C=O) groups excluding carboxylic acids is 2. The Hall–Kier alpha value is -3.34. The van der Waals surface area contributed by atoms with Crippen molar-refractivity contribution >= 4 is 56.3 Å². The molecule has 1 amide bonds. The van der Waals surface area contributed by atoms with Crippen LogP contribution in [0.15, 0.2) is 71.2 Å². The second-order valence-electron chi connectivity index (χ2n) is 6.46. The summed E-state index contributed by atoms with van der Waals surface area (Å²) in [4.78, 5) is 29.2. The zero-order valence-corrected chi connectivity index (χ0v) is 18.0. The second-order valence-corrected chi connectivity index (χ2v) is 8.57. The summed E-state index contributed by atoms with van der Waals surface area (Å²) in [6, 6.07) is 14.0. The summed E-state index contributed by atoms with van der Waals surface area (Å²) in [6.45, 7) is 0.0246. The van der Waals surface area contributed by atoms with Gasteiger partial charge in [0, 0.05) is 34.4 Å². The lowest BCUT2D eigenvalue weighted by Crippen LogP contribution is -2.18. The second kappa shape index (κ2) is 9.21. The van der Waals surface area contributed by atoms with E-state index in [9.17, 15) is 14.1 Å². The Morgan fingerprint density at radius 2 is 1.97 bits per heavy atom. The Balaban J connectivity index is 1.44. The van der Waals surface area contributed by atoms with Crippen molar-refractivity contribution in [1.29, 1.82) is 0 Å². The lowest BCUT2D eigenvalue weighted by molar-refractivity contribution is -0.116. The maximum absolute atomic E-state index is 12.6. The number of nitrogens with zero attached hydrogens (tertiary/aromatic N) is 2. The van der Waals surface area contributed by atoms with Gasteiger partial charge in [0.2, 0.25) is 11.0 Å². The van der Waals surface area contributed by atoms with E-state index in [0.29, 0.717) is 21.3 Å². The first kappa shape index (κ1) is 20.9. The van der Waals surface area contributed by atoms with Crippen molar-refractivity contribution in [1.82, 2.24) is 9.55 Å². The molecule has 10 heteroatoms. The number of aromatic nitrogens is 2. The van der Waals surface area contributed by atoms with Gasteiger partial charge in [-0.1, -0.05) is 18.2 Å². The van der Waals surface area contributed by atoms with Crippen LogP contribution in [0.1, 0.15) is 10.4 Å². The first-order valence-corrected chi connectivity index (χ1v) is 11.2. The summed E-state index contributed by atoms with van der Waals surface area (Å²) in [5.74, 6) is -0.711. The minimum Gasteiger partial charge on any atom is -0.588 e. The fourth-order valence-electron chi connectivity index (χ4n) is 3.08. The number of anilines is 2. The topological polar surface area (TPSA) is 108 Å². The number of benzene rings is 2. The number of fused-ring (bicyclic) bond motifs is 1. The number of ether oxygens (including phenoxy) is 1. The molecule has 1 unspecified atom stereocenters. The van der Waals surface area contributed by atoms with E-state index in [-0.39, 0.29) is 12.5 Å². The highest BCUT2D eigenvalue weighted by Crippen LogP contribution is 2.23. The number of hydrogen-bond acceptors (Lipinski definition) is 7. The molecule has 0 fully saturated rings. The summed E-state index contributed by atoms with van der Waals surface area (Å²) in [6.07, 6.45) is 3.25. The number of para-hydroxylation sites is 1. The number of methoxy groups -OCH3 is 1. The molecule has 0 saturated heterocycles. The predicted octanol–water partition coefficient (Wildman–Crippen LogP) is 3.66. The maximum Gasteiger partial charge on any atom is 0.340 e. The van der Waals surface area contributed by atoms with Crippen LogP contribution in [0.5, 0.6) is 0 Å². The van der Waals surface area contributed by atoms with Crippen LogP contribution < -0.4 is 10.0 Å². The third-order valence-electron chi connectivity index (χ3n) is 4.47. The highest BCUT2D eigenvalue weighted by Gasteiger charge is 2.17. The fourth-order valence-corrected chi connectivity index (χ4v) is 4.58. The minimum atomic E-state index is -1.45. The van der Waals surface area contributed by atoms with Crippen LogP contribution in [0.4, 0.5) is 10.8 Å². The van der Waals surface area contributed by atoms with E-state index in [2.05, 4.69) is 15.0 Å². The maximum atomic E-state index is 12.6. The van der Waals surface area contributed by atoms with Crippen LogP contribution in [0.2, 0.25) is 0 Å². The van der Waals surface area contributed by atoms with Crippen LogP contribution in [-0.2, 0) is 27.4 Å². The van der Waals surface area contributed by atoms with E-state index in [1.54, 1.807) is 46.6 Å². The van der Waals surface area contributed by atoms with Gasteiger partial charge < -0.3 is 19.2 Å². The third kappa shape index (κ3) is 4.71. The number of nitrogens with one attached hydrogen (secondary N) is 2. The number of hydrogen-bond donors (Lipinski definition) is 2. The molecule has 0 radical (unpaired) electrons. The highest BCUT2D eigenvalue weighted by atomic mass is 32.2. The summed E-state index contributed by atoms with van der Waals surface area (Å²) in [7, 11) is 1.32. The van der Waals surface area contributed by atoms with Crippen LogP contribution in [0, 0.1) is 0 Å². The number of amides is 1. The van der Waals surface area contributed by atoms with Crippen molar-refractivity contribution in [2.75, 3.05) is 17.1 Å². The van der Waals surface area contributed by atoms with Crippen molar-refractivity contribution in [2.24, 2.45) is 0 Å². The molecule has 1 atom stereocenters. The Labute approximate surface area is 185 Å². The van der Waals surface area contributed by atoms with Crippen molar-refractivity contribution in [3.63, 3.8) is 0 Å². The van der Waals surface area contributed by atoms with Crippen molar-refractivity contribution in [3.8, 4) is 0 Å². The molecule has 158 valence electrons. The van der Waals surface area contributed by atoms with Crippen LogP contribution in [-0.4, -0.2) is 33.1 Å². The molecule has 8 nitrogen and oxygen atoms in total. The largest absolute Gasteiger partial charge is 0.588 e. The van der Waals surface area contributed by atoms with Gasteiger partial charge in [0.05, 0.1) is 12.7 Å². The molecule has 4 rings (SSSR count). The van der Waals surface area contributed by atoms with Crippen LogP contribution in [0.3, 0.4) is 0 Å². The molecule has 2 aromatic carbocycles. The molecular formula is C21H18N4O4S2. The number of thiazole rings is 1. The van der Waals surface area contributed by atoms with Crippen molar-refractivity contribution in [3.05, 3.63) is 71.9 Å². The molecule has 0 bridgehead atoms. The van der Waals surface area contributed by atoms with Gasteiger partial charge in [-0.3, -0.25) is 4.79 Å². The molecule has 2 N–H and O–H groups in total. The zero-order valence-electron chi connectivity index (χ0n) is 16.4. The minimum absolute atomic E-state index is 0.0246. The van der Waals surface area contributed by atoms with E-state index in [1.807, 2.05) is 24.3 Å². The van der Waals surface area contributed by atoms with Crippen LogP contribution >= 0.6 is 11.3 Å². The smallest absolute Gasteiger partial charge is 0.340 e. The molecule has 0 saturated carbocycles. The van der Waals surface area contributed by atoms with Gasteiger partial charge in [0.1, 0.15) is 17.9 Å². The Kier molecular flexibility index (Phi) is 6.21. The van der Waals surface area contributed by atoms with Gasteiger partial charge in [-0.25, -0.2) is 9.78 Å². The van der Waals surface area contributed by atoms with Gasteiger partial charge in [-0.15, -0.1) is 11.3 Å². The Morgan fingerprint density at radius 1 is 1.19 bits per heavy atom.